The van der Waals surface area contributed by atoms with Crippen LogP contribution in [0.15, 0.2) is 24.3 Å². The molecule has 0 aliphatic carbocycles. The van der Waals surface area contributed by atoms with Crippen LogP contribution in [0.5, 0.6) is 0 Å². The van der Waals surface area contributed by atoms with Crippen LogP contribution < -0.4 is 4.90 Å². The zero-order valence-electron chi connectivity index (χ0n) is 21.3. The van der Waals surface area contributed by atoms with E-state index in [1.807, 2.05) is 4.90 Å². The van der Waals surface area contributed by atoms with Crippen molar-refractivity contribution < 1.29 is 41.1 Å². The molecule has 3 aliphatic heterocycles. The Labute approximate surface area is 213 Å². The average Bonchev–Trinajstić information content (AvgIpc) is 3.40. The first kappa shape index (κ1) is 27.6. The van der Waals surface area contributed by atoms with Crippen LogP contribution in [0.4, 0.5) is 32.4 Å². The predicted molar refractivity (Wildman–Crippen MR) is 126 cm³/mol. The number of benzene rings is 1. The third-order valence-electron chi connectivity index (χ3n) is 8.20. The van der Waals surface area contributed by atoms with Crippen molar-refractivity contribution in [2.45, 2.75) is 63.3 Å². The summed E-state index contributed by atoms with van der Waals surface area (Å²) in [5.74, 6) is -3.53. The molecule has 1 N–H and O–H groups in total. The van der Waals surface area contributed by atoms with Crippen LogP contribution in [0.2, 0.25) is 0 Å². The number of quaternary nitrogens is 1. The van der Waals surface area contributed by atoms with E-state index in [2.05, 4.69) is 4.90 Å². The molecule has 206 valence electrons. The van der Waals surface area contributed by atoms with E-state index in [-0.39, 0.29) is 25.6 Å². The topological polar surface area (TPSA) is 64.1 Å². The SMILES string of the molecule is CC(C)(C)[N+]1(C(=O)O)C[C@@H](N2CCN(c3cccc(C(F)(F)F)c3)CC2)C[C@H]1C(=O)N1CCC(F)(F)C1. The van der Waals surface area contributed by atoms with E-state index in [9.17, 15) is 36.6 Å². The normalized spacial score (nSPS) is 29.1. The van der Waals surface area contributed by atoms with Gasteiger partial charge in [-0.3, -0.25) is 9.69 Å². The van der Waals surface area contributed by atoms with Crippen LogP contribution in [-0.4, -0.2) is 101 Å². The van der Waals surface area contributed by atoms with Crippen molar-refractivity contribution in [3.05, 3.63) is 29.8 Å². The fourth-order valence-electron chi connectivity index (χ4n) is 6.12. The van der Waals surface area contributed by atoms with Crippen molar-refractivity contribution in [2.24, 2.45) is 0 Å². The van der Waals surface area contributed by atoms with Crippen LogP contribution in [-0.2, 0) is 11.0 Å². The van der Waals surface area contributed by atoms with Gasteiger partial charge < -0.3 is 14.9 Å². The highest BCUT2D eigenvalue weighted by Gasteiger charge is 2.64. The Morgan fingerprint density at radius 2 is 1.70 bits per heavy atom. The molecule has 3 heterocycles. The lowest BCUT2D eigenvalue weighted by Gasteiger charge is -2.45. The quantitative estimate of drug-likeness (QED) is 0.468. The van der Waals surface area contributed by atoms with Gasteiger partial charge in [0.2, 0.25) is 0 Å². The van der Waals surface area contributed by atoms with Crippen LogP contribution >= 0.6 is 0 Å². The second-order valence-electron chi connectivity index (χ2n) is 11.3. The van der Waals surface area contributed by atoms with E-state index in [1.54, 1.807) is 26.8 Å². The minimum absolute atomic E-state index is 0.105. The van der Waals surface area contributed by atoms with Crippen molar-refractivity contribution >= 4 is 17.7 Å². The molecule has 1 aromatic carbocycles. The fraction of sp³-hybridized carbons (Fsp3) is 0.680. The summed E-state index contributed by atoms with van der Waals surface area (Å²) < 4.78 is 66.6. The van der Waals surface area contributed by atoms with Gasteiger partial charge >= 0.3 is 12.3 Å². The zero-order chi connectivity index (χ0) is 27.4. The number of carboxylic acid groups (broad SMARTS) is 1. The first-order valence-electron chi connectivity index (χ1n) is 12.5. The number of anilines is 1. The van der Waals surface area contributed by atoms with Gasteiger partial charge in [0.15, 0.2) is 6.04 Å². The highest BCUT2D eigenvalue weighted by atomic mass is 19.4. The largest absolute Gasteiger partial charge is 0.514 e. The number of hydrogen-bond donors (Lipinski definition) is 1. The van der Waals surface area contributed by atoms with Crippen molar-refractivity contribution in [1.82, 2.24) is 9.80 Å². The van der Waals surface area contributed by atoms with Gasteiger partial charge in [0.1, 0.15) is 12.1 Å². The summed E-state index contributed by atoms with van der Waals surface area (Å²) in [4.78, 5) is 31.3. The van der Waals surface area contributed by atoms with Gasteiger partial charge in [-0.2, -0.15) is 18.0 Å². The molecule has 7 nitrogen and oxygen atoms in total. The third kappa shape index (κ3) is 5.14. The van der Waals surface area contributed by atoms with Crippen molar-refractivity contribution in [1.29, 1.82) is 0 Å². The number of amides is 2. The number of carbonyl (C=O) groups is 2. The first-order valence-corrected chi connectivity index (χ1v) is 12.5. The van der Waals surface area contributed by atoms with Crippen LogP contribution in [0.3, 0.4) is 0 Å². The number of carbonyl (C=O) groups excluding carboxylic acids is 1. The summed E-state index contributed by atoms with van der Waals surface area (Å²) in [6.07, 6.45) is -5.82. The molecule has 3 atom stereocenters. The summed E-state index contributed by atoms with van der Waals surface area (Å²) in [5, 5.41) is 10.4. The highest BCUT2D eigenvalue weighted by molar-refractivity contribution is 5.83. The van der Waals surface area contributed by atoms with E-state index in [1.165, 1.54) is 6.07 Å². The van der Waals surface area contributed by atoms with Gasteiger partial charge in [-0.25, -0.2) is 13.3 Å². The Balaban J connectivity index is 1.52. The maximum absolute atomic E-state index is 13.9. The van der Waals surface area contributed by atoms with Crippen molar-refractivity contribution in [3.63, 3.8) is 0 Å². The lowest BCUT2D eigenvalue weighted by atomic mass is 9.99. The molecule has 3 aliphatic rings. The molecule has 2 amide bonds. The second kappa shape index (κ2) is 9.37. The highest BCUT2D eigenvalue weighted by Crippen LogP contribution is 2.41. The number of halogens is 5. The molecule has 1 aromatic rings. The molecule has 0 radical (unpaired) electrons. The van der Waals surface area contributed by atoms with Crippen molar-refractivity contribution in [3.8, 4) is 0 Å². The van der Waals surface area contributed by atoms with Gasteiger partial charge in [-0.05, 0) is 39.0 Å². The lowest BCUT2D eigenvalue weighted by molar-refractivity contribution is -0.907. The van der Waals surface area contributed by atoms with Gasteiger partial charge in [0.25, 0.3) is 11.8 Å². The number of piperazine rings is 1. The van der Waals surface area contributed by atoms with E-state index < -0.39 is 58.7 Å². The minimum atomic E-state index is -4.44. The maximum atomic E-state index is 13.9. The number of likely N-dealkylation sites (tertiary alicyclic amines) is 2. The summed E-state index contributed by atoms with van der Waals surface area (Å²) in [6, 6.07) is 3.88. The number of nitrogens with zero attached hydrogens (tertiary/aromatic N) is 4. The molecule has 1 unspecified atom stereocenters. The zero-order valence-corrected chi connectivity index (χ0v) is 21.3. The minimum Gasteiger partial charge on any atom is -0.435 e. The van der Waals surface area contributed by atoms with E-state index in [0.717, 1.165) is 17.0 Å². The Kier molecular flexibility index (Phi) is 6.98. The van der Waals surface area contributed by atoms with Crippen LogP contribution in [0.1, 0.15) is 39.2 Å². The molecule has 37 heavy (non-hydrogen) atoms. The molecule has 0 saturated carbocycles. The Hall–Kier alpha value is -2.47. The molecule has 12 heteroatoms. The smallest absolute Gasteiger partial charge is 0.435 e. The Bertz CT molecular complexity index is 1040. The number of alkyl halides is 5. The van der Waals surface area contributed by atoms with Crippen molar-refractivity contribution in [2.75, 3.05) is 50.7 Å². The van der Waals surface area contributed by atoms with Crippen LogP contribution in [0, 0.1) is 0 Å². The Morgan fingerprint density at radius 3 is 2.22 bits per heavy atom. The summed E-state index contributed by atoms with van der Waals surface area (Å²) in [7, 11) is 0. The number of hydrogen-bond acceptors (Lipinski definition) is 4. The molecular formula is C25H34F5N4O3+. The molecule has 0 bridgehead atoms. The second-order valence-corrected chi connectivity index (χ2v) is 11.3. The monoisotopic (exact) mass is 533 g/mol. The summed E-state index contributed by atoms with van der Waals surface area (Å²) >= 11 is 0. The summed E-state index contributed by atoms with van der Waals surface area (Å²) in [6.45, 7) is 6.41. The van der Waals surface area contributed by atoms with Gasteiger partial charge in [0.05, 0.1) is 18.2 Å². The fourth-order valence-corrected chi connectivity index (χ4v) is 6.12. The van der Waals surface area contributed by atoms with Gasteiger partial charge in [0, 0.05) is 51.3 Å². The third-order valence-corrected chi connectivity index (χ3v) is 8.20. The first-order chi connectivity index (χ1) is 17.0. The van der Waals surface area contributed by atoms with E-state index in [4.69, 9.17) is 0 Å². The Morgan fingerprint density at radius 1 is 1.05 bits per heavy atom. The number of rotatable bonds is 3. The molecule has 3 saturated heterocycles. The average molecular weight is 534 g/mol. The standard InChI is InChI=1S/C25H33F5N4O3/c1-23(2,3)34(22(36)37)15-19(14-20(34)21(35)33-8-7-24(26,27)16-33)32-11-9-31(10-12-32)18-6-4-5-17(13-18)25(28,29)30/h4-6,13,19-20H,7-12,14-16H2,1-3H3/p+1/t19-,20-,34?/m0/s1. The molecule has 4 rings (SSSR count). The summed E-state index contributed by atoms with van der Waals surface area (Å²) in [5.41, 5.74) is -1.12. The molecule has 0 spiro atoms. The maximum Gasteiger partial charge on any atom is 0.514 e. The van der Waals surface area contributed by atoms with E-state index >= 15 is 0 Å². The molecule has 0 aromatic heterocycles. The van der Waals surface area contributed by atoms with Gasteiger partial charge in [-0.15, -0.1) is 0 Å². The van der Waals surface area contributed by atoms with Gasteiger partial charge in [-0.1, -0.05) is 6.07 Å². The lowest BCUT2D eigenvalue weighted by Crippen LogP contribution is -2.69. The van der Waals surface area contributed by atoms with E-state index in [0.29, 0.717) is 31.9 Å². The predicted octanol–water partition coefficient (Wildman–Crippen LogP) is 4.13. The molecular weight excluding hydrogens is 499 g/mol. The van der Waals surface area contributed by atoms with Crippen LogP contribution in [0.25, 0.3) is 0 Å². The molecule has 3 fully saturated rings.